The Morgan fingerprint density at radius 3 is 2.87 bits per heavy atom. The molecule has 1 fully saturated rings. The summed E-state index contributed by atoms with van der Waals surface area (Å²) in [6.07, 6.45) is 1.60. The van der Waals surface area contributed by atoms with E-state index in [1.165, 1.54) is 0 Å². The van der Waals surface area contributed by atoms with Gasteiger partial charge in [0.05, 0.1) is 13.2 Å². The second kappa shape index (κ2) is 9.39. The summed E-state index contributed by atoms with van der Waals surface area (Å²) in [5, 5.41) is 6.01. The van der Waals surface area contributed by atoms with Crippen molar-refractivity contribution in [1.29, 1.82) is 0 Å². The van der Waals surface area contributed by atoms with Crippen molar-refractivity contribution in [3.8, 4) is 0 Å². The standard InChI is InChI=1S/C15H26N6O2/c1-20(2)7-5-16-14(22)13-3-4-17-15(19-13)18-6-8-21-9-11-23-12-10-21/h3-4H,5-12H2,1-2H3,(H,16,22)(H,17,18,19). The summed E-state index contributed by atoms with van der Waals surface area (Å²) in [6, 6.07) is 1.62. The van der Waals surface area contributed by atoms with Gasteiger partial charge in [0.2, 0.25) is 5.95 Å². The number of morpholine rings is 1. The van der Waals surface area contributed by atoms with E-state index >= 15 is 0 Å². The molecule has 2 N–H and O–H groups in total. The maximum absolute atomic E-state index is 12.0. The lowest BCUT2D eigenvalue weighted by Crippen LogP contribution is -2.39. The van der Waals surface area contributed by atoms with Crippen molar-refractivity contribution in [3.63, 3.8) is 0 Å². The number of ether oxygens (including phenoxy) is 1. The average Bonchev–Trinajstić information content (AvgIpc) is 2.56. The summed E-state index contributed by atoms with van der Waals surface area (Å²) in [5.74, 6) is 0.309. The molecule has 1 aromatic rings. The zero-order valence-corrected chi connectivity index (χ0v) is 13.9. The molecule has 1 amide bonds. The molecule has 1 aromatic heterocycles. The highest BCUT2D eigenvalue weighted by atomic mass is 16.5. The summed E-state index contributed by atoms with van der Waals surface area (Å²) in [4.78, 5) is 24.8. The minimum atomic E-state index is -0.175. The van der Waals surface area contributed by atoms with Crippen LogP contribution in [0.3, 0.4) is 0 Å². The van der Waals surface area contributed by atoms with Gasteiger partial charge in [0.15, 0.2) is 0 Å². The maximum atomic E-state index is 12.0. The normalized spacial score (nSPS) is 15.6. The highest BCUT2D eigenvalue weighted by Gasteiger charge is 2.11. The van der Waals surface area contributed by atoms with Crippen molar-refractivity contribution in [2.24, 2.45) is 0 Å². The third-order valence-corrected chi connectivity index (χ3v) is 3.55. The van der Waals surface area contributed by atoms with E-state index in [1.807, 2.05) is 19.0 Å². The summed E-state index contributed by atoms with van der Waals surface area (Å²) in [6.45, 7) is 6.53. The Morgan fingerprint density at radius 1 is 1.35 bits per heavy atom. The first-order valence-electron chi connectivity index (χ1n) is 7.95. The largest absolute Gasteiger partial charge is 0.379 e. The quantitative estimate of drug-likeness (QED) is 0.668. The minimum Gasteiger partial charge on any atom is -0.379 e. The molecular formula is C15H26N6O2. The number of hydrogen-bond donors (Lipinski definition) is 2. The van der Waals surface area contributed by atoms with Crippen LogP contribution >= 0.6 is 0 Å². The molecule has 1 aliphatic rings. The van der Waals surface area contributed by atoms with Crippen LogP contribution in [0.1, 0.15) is 10.5 Å². The first kappa shape index (κ1) is 17.6. The predicted octanol–water partition coefficient (Wildman–Crippen LogP) is -0.488. The van der Waals surface area contributed by atoms with Gasteiger partial charge in [-0.3, -0.25) is 9.69 Å². The van der Waals surface area contributed by atoms with Crippen molar-refractivity contribution >= 4 is 11.9 Å². The number of nitrogens with one attached hydrogen (secondary N) is 2. The number of hydrogen-bond acceptors (Lipinski definition) is 7. The van der Waals surface area contributed by atoms with Crippen LogP contribution in [-0.2, 0) is 4.74 Å². The highest BCUT2D eigenvalue weighted by molar-refractivity contribution is 5.92. The smallest absolute Gasteiger partial charge is 0.270 e. The topological polar surface area (TPSA) is 82.6 Å². The molecule has 0 unspecified atom stereocenters. The second-order valence-corrected chi connectivity index (χ2v) is 5.71. The van der Waals surface area contributed by atoms with Crippen LogP contribution in [0.4, 0.5) is 5.95 Å². The Hall–Kier alpha value is -1.77. The summed E-state index contributed by atoms with van der Waals surface area (Å²) < 4.78 is 5.32. The fourth-order valence-electron chi connectivity index (χ4n) is 2.20. The molecule has 0 spiro atoms. The zero-order valence-electron chi connectivity index (χ0n) is 13.9. The summed E-state index contributed by atoms with van der Waals surface area (Å²) >= 11 is 0. The lowest BCUT2D eigenvalue weighted by molar-refractivity contribution is 0.0398. The molecule has 0 aliphatic carbocycles. The van der Waals surface area contributed by atoms with Crippen LogP contribution in [-0.4, -0.2) is 92.3 Å². The van der Waals surface area contributed by atoms with Gasteiger partial charge in [-0.25, -0.2) is 9.97 Å². The van der Waals surface area contributed by atoms with Crippen molar-refractivity contribution in [3.05, 3.63) is 18.0 Å². The summed E-state index contributed by atoms with van der Waals surface area (Å²) in [7, 11) is 3.93. The van der Waals surface area contributed by atoms with Gasteiger partial charge in [-0.15, -0.1) is 0 Å². The van der Waals surface area contributed by atoms with Crippen LogP contribution < -0.4 is 10.6 Å². The fraction of sp³-hybridized carbons (Fsp3) is 0.667. The van der Waals surface area contributed by atoms with Gasteiger partial charge in [0.1, 0.15) is 5.69 Å². The number of anilines is 1. The molecule has 8 nitrogen and oxygen atoms in total. The molecule has 8 heteroatoms. The molecule has 1 saturated heterocycles. The van der Waals surface area contributed by atoms with Crippen LogP contribution in [0, 0.1) is 0 Å². The summed E-state index contributed by atoms with van der Waals surface area (Å²) in [5.41, 5.74) is 0.382. The molecule has 2 rings (SSSR count). The number of nitrogens with zero attached hydrogens (tertiary/aromatic N) is 4. The van der Waals surface area contributed by atoms with Gasteiger partial charge in [0.25, 0.3) is 5.91 Å². The lowest BCUT2D eigenvalue weighted by atomic mass is 10.3. The molecule has 23 heavy (non-hydrogen) atoms. The van der Waals surface area contributed by atoms with E-state index in [9.17, 15) is 4.79 Å². The van der Waals surface area contributed by atoms with E-state index in [4.69, 9.17) is 4.74 Å². The van der Waals surface area contributed by atoms with E-state index in [1.54, 1.807) is 12.3 Å². The highest BCUT2D eigenvalue weighted by Crippen LogP contribution is 2.01. The van der Waals surface area contributed by atoms with Crippen LogP contribution in [0.2, 0.25) is 0 Å². The van der Waals surface area contributed by atoms with Crippen molar-refractivity contribution in [1.82, 2.24) is 25.1 Å². The SMILES string of the molecule is CN(C)CCNC(=O)c1ccnc(NCCN2CCOCC2)n1. The Morgan fingerprint density at radius 2 is 2.13 bits per heavy atom. The van der Waals surface area contributed by atoms with E-state index < -0.39 is 0 Å². The van der Waals surface area contributed by atoms with Crippen molar-refractivity contribution in [2.45, 2.75) is 0 Å². The van der Waals surface area contributed by atoms with E-state index in [0.717, 1.165) is 45.9 Å². The van der Waals surface area contributed by atoms with Crippen LogP contribution in [0.15, 0.2) is 12.3 Å². The molecule has 0 saturated carbocycles. The number of aromatic nitrogens is 2. The van der Waals surface area contributed by atoms with Crippen molar-refractivity contribution < 1.29 is 9.53 Å². The molecule has 1 aliphatic heterocycles. The molecule has 0 radical (unpaired) electrons. The Balaban J connectivity index is 1.75. The van der Waals surface area contributed by atoms with Crippen molar-refractivity contribution in [2.75, 3.05) is 71.9 Å². The molecular weight excluding hydrogens is 296 g/mol. The van der Waals surface area contributed by atoms with E-state index in [0.29, 0.717) is 18.2 Å². The van der Waals surface area contributed by atoms with Crippen LogP contribution in [0.5, 0.6) is 0 Å². The molecule has 128 valence electrons. The molecule has 2 heterocycles. The van der Waals surface area contributed by atoms with Gasteiger partial charge in [-0.05, 0) is 20.2 Å². The molecule has 0 atom stereocenters. The van der Waals surface area contributed by atoms with Gasteiger partial charge in [0, 0.05) is 45.5 Å². The number of rotatable bonds is 8. The molecule has 0 bridgehead atoms. The number of likely N-dealkylation sites (N-methyl/N-ethyl adjacent to an activating group) is 1. The van der Waals surface area contributed by atoms with Gasteiger partial charge < -0.3 is 20.3 Å². The first-order valence-corrected chi connectivity index (χ1v) is 7.95. The predicted molar refractivity (Wildman–Crippen MR) is 88.7 cm³/mol. The van der Waals surface area contributed by atoms with Gasteiger partial charge in [-0.1, -0.05) is 0 Å². The number of carbonyl (C=O) groups excluding carboxylic acids is 1. The van der Waals surface area contributed by atoms with Crippen LogP contribution in [0.25, 0.3) is 0 Å². The van der Waals surface area contributed by atoms with E-state index in [2.05, 4.69) is 25.5 Å². The fourth-order valence-corrected chi connectivity index (χ4v) is 2.20. The number of amides is 1. The first-order chi connectivity index (χ1) is 11.1. The average molecular weight is 322 g/mol. The zero-order chi connectivity index (χ0) is 16.5. The lowest BCUT2D eigenvalue weighted by Gasteiger charge is -2.26. The third kappa shape index (κ3) is 6.47. The van der Waals surface area contributed by atoms with Gasteiger partial charge in [-0.2, -0.15) is 0 Å². The minimum absolute atomic E-state index is 0.175. The van der Waals surface area contributed by atoms with Gasteiger partial charge >= 0.3 is 0 Å². The number of carbonyl (C=O) groups is 1. The third-order valence-electron chi connectivity index (χ3n) is 3.55. The van der Waals surface area contributed by atoms with E-state index in [-0.39, 0.29) is 5.91 Å². The molecule has 0 aromatic carbocycles. The Bertz CT molecular complexity index is 491. The maximum Gasteiger partial charge on any atom is 0.270 e. The monoisotopic (exact) mass is 322 g/mol. The Kier molecular flexibility index (Phi) is 7.18. The second-order valence-electron chi connectivity index (χ2n) is 5.71. The Labute approximate surface area is 137 Å².